The molecule has 1 N–H and O–H groups in total. The first-order valence-electron chi connectivity index (χ1n) is 9.00. The van der Waals surface area contributed by atoms with Crippen LogP contribution in [0, 0.1) is 0 Å². The number of phenolic OH excluding ortho intramolecular Hbond substituents is 1. The van der Waals surface area contributed by atoms with Crippen LogP contribution in [0.1, 0.15) is 34.0 Å². The topological polar surface area (TPSA) is 145 Å². The molecule has 2 aromatic rings. The predicted molar refractivity (Wildman–Crippen MR) is 109 cm³/mol. The molecule has 1 amide bonds. The Morgan fingerprint density at radius 3 is 2.29 bits per heavy atom. The van der Waals surface area contributed by atoms with Gasteiger partial charge in [0.1, 0.15) is 0 Å². The van der Waals surface area contributed by atoms with Gasteiger partial charge in [-0.15, -0.1) is 0 Å². The summed E-state index contributed by atoms with van der Waals surface area (Å²) in [7, 11) is 5.67. The number of phenols is 1. The van der Waals surface area contributed by atoms with Crippen molar-refractivity contribution in [2.45, 2.75) is 12.5 Å². The van der Waals surface area contributed by atoms with E-state index in [1.807, 2.05) is 0 Å². The Kier molecular flexibility index (Phi) is 6.37. The molecule has 1 atom stereocenters. The third-order valence-electron chi connectivity index (χ3n) is 4.72. The first-order valence-corrected chi connectivity index (χ1v) is 9.00. The van der Waals surface area contributed by atoms with E-state index < -0.39 is 12.0 Å². The van der Waals surface area contributed by atoms with Gasteiger partial charge in [0, 0.05) is 22.5 Å². The average molecular weight is 428 g/mol. The van der Waals surface area contributed by atoms with Crippen molar-refractivity contribution in [3.63, 3.8) is 0 Å². The van der Waals surface area contributed by atoms with Crippen molar-refractivity contribution in [2.75, 3.05) is 28.4 Å². The summed E-state index contributed by atoms with van der Waals surface area (Å²) < 4.78 is 21.0. The van der Waals surface area contributed by atoms with Crippen molar-refractivity contribution >= 4 is 11.6 Å². The summed E-state index contributed by atoms with van der Waals surface area (Å²) in [6, 6.07) is 6.41. The lowest BCUT2D eigenvalue weighted by Gasteiger charge is -2.16. The van der Waals surface area contributed by atoms with E-state index in [0.29, 0.717) is 23.3 Å². The molecule has 0 saturated carbocycles. The van der Waals surface area contributed by atoms with Crippen LogP contribution in [0.3, 0.4) is 0 Å². The number of hydrogen-bond acceptors (Lipinski definition) is 8. The molecule has 3 rings (SSSR count). The van der Waals surface area contributed by atoms with Crippen molar-refractivity contribution in [1.82, 2.24) is 0 Å². The highest BCUT2D eigenvalue weighted by atomic mass is 16.6. The second kappa shape index (κ2) is 9.14. The number of amides is 1. The lowest BCUT2D eigenvalue weighted by atomic mass is 9.97. The number of benzene rings is 2. The molecule has 0 bridgehead atoms. The number of azide groups is 1. The molecule has 0 saturated heterocycles. The molecule has 11 nitrogen and oxygen atoms in total. The third kappa shape index (κ3) is 4.12. The fraction of sp³-hybridized carbons (Fsp3) is 0.300. The monoisotopic (exact) mass is 428 g/mol. The van der Waals surface area contributed by atoms with Crippen molar-refractivity contribution in [2.24, 2.45) is 10.3 Å². The van der Waals surface area contributed by atoms with Crippen LogP contribution in [0.4, 0.5) is 0 Å². The van der Waals surface area contributed by atoms with E-state index in [0.717, 1.165) is 0 Å². The number of hydrogen-bond donors (Lipinski definition) is 1. The van der Waals surface area contributed by atoms with Gasteiger partial charge in [-0.3, -0.25) is 4.79 Å². The molecule has 1 heterocycles. The van der Waals surface area contributed by atoms with Gasteiger partial charge in [-0.25, -0.2) is 0 Å². The van der Waals surface area contributed by atoms with Crippen LogP contribution in [-0.2, 0) is 4.84 Å². The van der Waals surface area contributed by atoms with Gasteiger partial charge >= 0.3 is 0 Å². The van der Waals surface area contributed by atoms with Gasteiger partial charge in [0.05, 0.1) is 39.7 Å². The molecule has 31 heavy (non-hydrogen) atoms. The minimum absolute atomic E-state index is 0.0414. The number of rotatable bonds is 7. The summed E-state index contributed by atoms with van der Waals surface area (Å²) in [5.74, 6) is -0.0439. The lowest BCUT2D eigenvalue weighted by Crippen LogP contribution is -2.07. The summed E-state index contributed by atoms with van der Waals surface area (Å²) in [5.41, 5.74) is 10.5. The fourth-order valence-corrected chi connectivity index (χ4v) is 3.21. The number of nitrogens with zero attached hydrogens (tertiary/aromatic N) is 4. The average Bonchev–Trinajstić information content (AvgIpc) is 3.28. The van der Waals surface area contributed by atoms with Crippen LogP contribution in [0.25, 0.3) is 10.4 Å². The van der Waals surface area contributed by atoms with Crippen LogP contribution >= 0.6 is 0 Å². The summed E-state index contributed by atoms with van der Waals surface area (Å²) in [6.07, 6.45) is -0.194. The molecule has 0 fully saturated rings. The van der Waals surface area contributed by atoms with Crippen LogP contribution in [-0.4, -0.2) is 45.2 Å². The first-order chi connectivity index (χ1) is 15.0. The molecular weight excluding hydrogens is 408 g/mol. The molecule has 1 unspecified atom stereocenters. The molecule has 1 aliphatic heterocycles. The van der Waals surface area contributed by atoms with Gasteiger partial charge in [-0.2, -0.15) is 0 Å². The molecule has 1 aliphatic rings. The van der Waals surface area contributed by atoms with E-state index in [9.17, 15) is 9.90 Å². The fourth-order valence-electron chi connectivity index (χ4n) is 3.21. The van der Waals surface area contributed by atoms with Crippen molar-refractivity contribution in [3.05, 3.63) is 51.4 Å². The molecule has 162 valence electrons. The molecule has 2 aromatic carbocycles. The Bertz CT molecular complexity index is 1070. The molecule has 0 spiro atoms. The largest absolute Gasteiger partial charge is 0.502 e. The van der Waals surface area contributed by atoms with E-state index in [1.54, 1.807) is 18.2 Å². The SMILES string of the molecule is COc1cc(C2=NOC(c3cc(OC)c(OC)c(C(=O)N=[N+]=[N-])c3)C2)cc(OC)c1O. The number of oxime groups is 1. The van der Waals surface area contributed by atoms with Gasteiger partial charge < -0.3 is 28.9 Å². The standard InChI is InChI=1S/C20H20N4O7/c1-27-15-6-10(7-16(28-2)18(15)25)13-9-14(31-23-13)11-5-12(20(26)22-24-21)19(30-4)17(8-11)29-3/h5-8,14,25H,9H2,1-4H3. The Hall–Kier alpha value is -4.11. The van der Waals surface area contributed by atoms with E-state index >= 15 is 0 Å². The highest BCUT2D eigenvalue weighted by Gasteiger charge is 2.28. The van der Waals surface area contributed by atoms with Gasteiger partial charge in [-0.05, 0) is 34.9 Å². The number of carbonyl (C=O) groups excluding carboxylic acids is 1. The van der Waals surface area contributed by atoms with Crippen LogP contribution in [0.15, 0.2) is 34.5 Å². The van der Waals surface area contributed by atoms with Gasteiger partial charge in [-0.1, -0.05) is 5.16 Å². The zero-order chi connectivity index (χ0) is 22.5. The minimum Gasteiger partial charge on any atom is -0.502 e. The smallest absolute Gasteiger partial charge is 0.253 e. The van der Waals surface area contributed by atoms with Crippen LogP contribution in [0.5, 0.6) is 28.7 Å². The Morgan fingerprint density at radius 2 is 1.74 bits per heavy atom. The quantitative estimate of drug-likeness (QED) is 0.402. The van der Waals surface area contributed by atoms with Crippen LogP contribution < -0.4 is 18.9 Å². The summed E-state index contributed by atoms with van der Waals surface area (Å²) in [4.78, 5) is 20.4. The van der Waals surface area contributed by atoms with E-state index in [4.69, 9.17) is 29.3 Å². The predicted octanol–water partition coefficient (Wildman–Crippen LogP) is 3.74. The van der Waals surface area contributed by atoms with Gasteiger partial charge in [0.25, 0.3) is 5.91 Å². The number of ether oxygens (including phenoxy) is 4. The van der Waals surface area contributed by atoms with E-state index in [1.165, 1.54) is 34.5 Å². The maximum atomic E-state index is 12.2. The Morgan fingerprint density at radius 1 is 1.10 bits per heavy atom. The normalized spacial score (nSPS) is 14.7. The van der Waals surface area contributed by atoms with E-state index in [-0.39, 0.29) is 34.3 Å². The van der Waals surface area contributed by atoms with Crippen molar-refractivity contribution < 1.29 is 33.7 Å². The number of aromatic hydroxyl groups is 1. The van der Waals surface area contributed by atoms with E-state index in [2.05, 4.69) is 15.2 Å². The second-order valence-corrected chi connectivity index (χ2v) is 6.36. The highest BCUT2D eigenvalue weighted by Crippen LogP contribution is 2.41. The van der Waals surface area contributed by atoms with Crippen LogP contribution in [0.2, 0.25) is 0 Å². The van der Waals surface area contributed by atoms with Crippen molar-refractivity contribution in [1.29, 1.82) is 0 Å². The van der Waals surface area contributed by atoms with Crippen molar-refractivity contribution in [3.8, 4) is 28.7 Å². The maximum Gasteiger partial charge on any atom is 0.253 e. The zero-order valence-corrected chi connectivity index (χ0v) is 17.3. The lowest BCUT2D eigenvalue weighted by molar-refractivity contribution is 0.0853. The summed E-state index contributed by atoms with van der Waals surface area (Å²) in [6.45, 7) is 0. The Labute approximate surface area is 177 Å². The molecular formula is C20H20N4O7. The third-order valence-corrected chi connectivity index (χ3v) is 4.72. The second-order valence-electron chi connectivity index (χ2n) is 6.36. The van der Waals surface area contributed by atoms with Gasteiger partial charge in [0.2, 0.25) is 5.75 Å². The molecule has 11 heteroatoms. The maximum absolute atomic E-state index is 12.2. The molecule has 0 aliphatic carbocycles. The zero-order valence-electron chi connectivity index (χ0n) is 17.3. The number of methoxy groups -OCH3 is 4. The molecule has 0 aromatic heterocycles. The Balaban J connectivity index is 1.96. The van der Waals surface area contributed by atoms with Gasteiger partial charge in [0.15, 0.2) is 29.1 Å². The minimum atomic E-state index is -0.813. The first kappa shape index (κ1) is 21.6. The molecule has 0 radical (unpaired) electrons. The highest BCUT2D eigenvalue weighted by molar-refractivity contribution is 6.02. The summed E-state index contributed by atoms with van der Waals surface area (Å²) in [5, 5.41) is 17.4. The number of carbonyl (C=O) groups is 1. The summed E-state index contributed by atoms with van der Waals surface area (Å²) >= 11 is 0.